The van der Waals surface area contributed by atoms with Crippen LogP contribution in [0.15, 0.2) is 33.5 Å². The van der Waals surface area contributed by atoms with Crippen LogP contribution in [-0.4, -0.2) is 42.4 Å². The Kier molecular flexibility index (Phi) is 10.4. The third-order valence-electron chi connectivity index (χ3n) is 5.55. The van der Waals surface area contributed by atoms with E-state index < -0.39 is 41.5 Å². The number of hydrogen-bond acceptors (Lipinski definition) is 7. The lowest BCUT2D eigenvalue weighted by Crippen LogP contribution is -2.55. The van der Waals surface area contributed by atoms with E-state index in [0.717, 1.165) is 10.9 Å². The number of amides is 3. The van der Waals surface area contributed by atoms with Crippen molar-refractivity contribution in [1.82, 2.24) is 10.6 Å². The number of nitrogens with one attached hydrogen (secondary N) is 3. The number of aryl methyl sites for hydroxylation is 1. The molecular formula is C25H37N5O5. The van der Waals surface area contributed by atoms with Crippen molar-refractivity contribution in [2.45, 2.75) is 71.5 Å². The van der Waals surface area contributed by atoms with Crippen LogP contribution in [0.5, 0.6) is 0 Å². The van der Waals surface area contributed by atoms with Crippen molar-refractivity contribution in [3.63, 3.8) is 0 Å². The Balaban J connectivity index is 2.21. The van der Waals surface area contributed by atoms with Gasteiger partial charge in [0, 0.05) is 23.2 Å². The minimum absolute atomic E-state index is 0.124. The highest BCUT2D eigenvalue weighted by molar-refractivity contribution is 5.99. The fraction of sp³-hybridized carbons (Fsp3) is 0.520. The summed E-state index contributed by atoms with van der Waals surface area (Å²) in [7, 11) is 0. The molecule has 1 heterocycles. The Morgan fingerprint density at radius 2 is 1.66 bits per heavy atom. The number of carbonyl (C=O) groups is 3. The molecule has 3 amide bonds. The number of carbonyl (C=O) groups excluding carboxylic acids is 3. The van der Waals surface area contributed by atoms with E-state index in [4.69, 9.17) is 15.9 Å². The fourth-order valence-electron chi connectivity index (χ4n) is 3.67. The van der Waals surface area contributed by atoms with Gasteiger partial charge in [0.05, 0.1) is 6.04 Å². The molecule has 0 aliphatic heterocycles. The van der Waals surface area contributed by atoms with E-state index in [0.29, 0.717) is 43.5 Å². The first-order valence-electron chi connectivity index (χ1n) is 11.9. The van der Waals surface area contributed by atoms with Gasteiger partial charge in [-0.3, -0.25) is 14.4 Å². The molecule has 2 rings (SSSR count). The third kappa shape index (κ3) is 8.48. The summed E-state index contributed by atoms with van der Waals surface area (Å²) < 4.78 is 5.25. The molecule has 35 heavy (non-hydrogen) atoms. The number of nitrogens with two attached hydrogens (primary N) is 2. The van der Waals surface area contributed by atoms with Crippen LogP contribution in [-0.2, 0) is 14.4 Å². The molecule has 0 bridgehead atoms. The molecule has 10 heteroatoms. The first-order chi connectivity index (χ1) is 16.5. The van der Waals surface area contributed by atoms with Crippen LogP contribution >= 0.6 is 0 Å². The number of anilines is 1. The Morgan fingerprint density at radius 3 is 2.29 bits per heavy atom. The topological polar surface area (TPSA) is 170 Å². The van der Waals surface area contributed by atoms with Crippen LogP contribution in [0.3, 0.4) is 0 Å². The molecule has 0 fully saturated rings. The van der Waals surface area contributed by atoms with E-state index >= 15 is 0 Å². The predicted octanol–water partition coefficient (Wildman–Crippen LogP) is 1.53. The van der Waals surface area contributed by atoms with Crippen LogP contribution in [0, 0.1) is 12.8 Å². The highest BCUT2D eigenvalue weighted by atomic mass is 16.4. The molecule has 0 aliphatic rings. The molecule has 3 atom stereocenters. The van der Waals surface area contributed by atoms with E-state index in [1.54, 1.807) is 25.1 Å². The van der Waals surface area contributed by atoms with Crippen molar-refractivity contribution in [2.24, 2.45) is 17.4 Å². The molecule has 10 nitrogen and oxygen atoms in total. The third-order valence-corrected chi connectivity index (χ3v) is 5.55. The second-order valence-corrected chi connectivity index (χ2v) is 9.27. The van der Waals surface area contributed by atoms with Crippen molar-refractivity contribution in [3.8, 4) is 0 Å². The van der Waals surface area contributed by atoms with Gasteiger partial charge in [0.2, 0.25) is 17.7 Å². The lowest BCUT2D eigenvalue weighted by atomic mass is 10.0. The number of benzene rings is 1. The summed E-state index contributed by atoms with van der Waals surface area (Å²) in [5.74, 6) is -1.20. The van der Waals surface area contributed by atoms with E-state index in [1.807, 2.05) is 13.8 Å². The zero-order valence-corrected chi connectivity index (χ0v) is 20.9. The summed E-state index contributed by atoms with van der Waals surface area (Å²) >= 11 is 0. The standard InChI is InChI=1S/C25H37N5O5/c1-14(2)11-20(30-23(32)16(4)27)25(34)29-19(7-5-6-10-26)24(33)28-17-8-9-18-15(3)12-22(31)35-21(18)13-17/h8-9,12-14,16,19-20H,5-7,10-11,26-27H2,1-4H3,(H,28,33)(H,29,34)(H,30,32)/t16-,19+,20+/m1/s1. The Hall–Kier alpha value is -3.24. The summed E-state index contributed by atoms with van der Waals surface area (Å²) in [5.41, 5.74) is 12.3. The van der Waals surface area contributed by atoms with Gasteiger partial charge in [0.15, 0.2) is 0 Å². The summed E-state index contributed by atoms with van der Waals surface area (Å²) in [4.78, 5) is 50.0. The Labute approximate surface area is 205 Å². The molecule has 1 aromatic carbocycles. The van der Waals surface area contributed by atoms with Crippen LogP contribution in [0.4, 0.5) is 5.69 Å². The quantitative estimate of drug-likeness (QED) is 0.223. The van der Waals surface area contributed by atoms with Crippen LogP contribution in [0.2, 0.25) is 0 Å². The maximum absolute atomic E-state index is 13.1. The number of hydrogen-bond donors (Lipinski definition) is 5. The fourth-order valence-corrected chi connectivity index (χ4v) is 3.67. The van der Waals surface area contributed by atoms with Crippen molar-refractivity contribution >= 4 is 34.4 Å². The number of unbranched alkanes of at least 4 members (excludes halogenated alkanes) is 1. The van der Waals surface area contributed by atoms with E-state index in [-0.39, 0.29) is 5.92 Å². The van der Waals surface area contributed by atoms with Crippen molar-refractivity contribution in [3.05, 3.63) is 40.2 Å². The largest absolute Gasteiger partial charge is 0.423 e. The predicted molar refractivity (Wildman–Crippen MR) is 136 cm³/mol. The molecule has 2 aromatic rings. The molecule has 0 spiro atoms. The van der Waals surface area contributed by atoms with Crippen molar-refractivity contribution in [2.75, 3.05) is 11.9 Å². The van der Waals surface area contributed by atoms with E-state index in [1.165, 1.54) is 13.0 Å². The first kappa shape index (κ1) is 28.0. The zero-order valence-electron chi connectivity index (χ0n) is 20.9. The van der Waals surface area contributed by atoms with Crippen molar-refractivity contribution < 1.29 is 18.8 Å². The molecule has 192 valence electrons. The van der Waals surface area contributed by atoms with Gasteiger partial charge in [-0.05, 0) is 69.7 Å². The number of rotatable bonds is 12. The lowest BCUT2D eigenvalue weighted by Gasteiger charge is -2.25. The van der Waals surface area contributed by atoms with Crippen LogP contribution < -0.4 is 33.0 Å². The van der Waals surface area contributed by atoms with Gasteiger partial charge in [-0.2, -0.15) is 0 Å². The maximum Gasteiger partial charge on any atom is 0.336 e. The molecular weight excluding hydrogens is 450 g/mol. The SMILES string of the molecule is Cc1cc(=O)oc2cc(NC(=O)[C@H](CCCCN)NC(=O)[C@H](CC(C)C)NC(=O)[C@@H](C)N)ccc12. The lowest BCUT2D eigenvalue weighted by molar-refractivity contribution is -0.131. The first-order valence-corrected chi connectivity index (χ1v) is 11.9. The van der Waals surface area contributed by atoms with E-state index in [2.05, 4.69) is 16.0 Å². The van der Waals surface area contributed by atoms with Gasteiger partial charge in [-0.1, -0.05) is 13.8 Å². The van der Waals surface area contributed by atoms with Crippen molar-refractivity contribution in [1.29, 1.82) is 0 Å². The second-order valence-electron chi connectivity index (χ2n) is 9.27. The maximum atomic E-state index is 13.1. The summed E-state index contributed by atoms with van der Waals surface area (Å²) in [6.07, 6.45) is 2.08. The Morgan fingerprint density at radius 1 is 0.971 bits per heavy atom. The average molecular weight is 488 g/mol. The molecule has 7 N–H and O–H groups in total. The molecule has 0 saturated heterocycles. The smallest absolute Gasteiger partial charge is 0.336 e. The highest BCUT2D eigenvalue weighted by Crippen LogP contribution is 2.21. The van der Waals surface area contributed by atoms with Gasteiger partial charge in [0.1, 0.15) is 17.7 Å². The summed E-state index contributed by atoms with van der Waals surface area (Å²) in [6.45, 7) is 7.67. The molecule has 0 radical (unpaired) electrons. The number of fused-ring (bicyclic) bond motifs is 1. The monoisotopic (exact) mass is 487 g/mol. The average Bonchev–Trinajstić information content (AvgIpc) is 2.77. The molecule has 1 aromatic heterocycles. The highest BCUT2D eigenvalue weighted by Gasteiger charge is 2.28. The van der Waals surface area contributed by atoms with Gasteiger partial charge in [0.25, 0.3) is 0 Å². The minimum atomic E-state index is -0.851. The molecule has 0 unspecified atom stereocenters. The van der Waals surface area contributed by atoms with Gasteiger partial charge in [-0.25, -0.2) is 4.79 Å². The van der Waals surface area contributed by atoms with Gasteiger partial charge in [-0.15, -0.1) is 0 Å². The van der Waals surface area contributed by atoms with Crippen LogP contribution in [0.25, 0.3) is 11.0 Å². The second kappa shape index (κ2) is 13.0. The molecule has 0 aliphatic carbocycles. The summed E-state index contributed by atoms with van der Waals surface area (Å²) in [5, 5.41) is 9.00. The van der Waals surface area contributed by atoms with Gasteiger partial charge < -0.3 is 31.8 Å². The van der Waals surface area contributed by atoms with E-state index in [9.17, 15) is 19.2 Å². The zero-order chi connectivity index (χ0) is 26.1. The van der Waals surface area contributed by atoms with Crippen LogP contribution in [0.1, 0.15) is 52.0 Å². The Bertz CT molecular complexity index is 1100. The normalized spacial score (nSPS) is 13.8. The minimum Gasteiger partial charge on any atom is -0.423 e. The molecule has 0 saturated carbocycles. The summed E-state index contributed by atoms with van der Waals surface area (Å²) in [6, 6.07) is 4.00. The van der Waals surface area contributed by atoms with Gasteiger partial charge >= 0.3 is 5.63 Å².